The van der Waals surface area contributed by atoms with Crippen LogP contribution in [-0.2, 0) is 6.42 Å². The van der Waals surface area contributed by atoms with Crippen LogP contribution in [0.25, 0.3) is 0 Å². The summed E-state index contributed by atoms with van der Waals surface area (Å²) < 4.78 is 5.65. The fraction of sp³-hybridized carbons (Fsp3) is 0.294. The molecule has 1 amide bonds. The molecular formula is C17H19ClN2O3. The summed E-state index contributed by atoms with van der Waals surface area (Å²) in [6, 6.07) is 5.32. The molecule has 0 spiro atoms. The van der Waals surface area contributed by atoms with Crippen molar-refractivity contribution in [1.82, 2.24) is 0 Å². The highest BCUT2D eigenvalue weighted by Gasteiger charge is 2.28. The third kappa shape index (κ3) is 3.10. The quantitative estimate of drug-likeness (QED) is 0.820. The van der Waals surface area contributed by atoms with E-state index in [9.17, 15) is 9.59 Å². The molecule has 3 N–H and O–H groups in total. The molecule has 1 aliphatic carbocycles. The van der Waals surface area contributed by atoms with Gasteiger partial charge in [0.05, 0.1) is 5.56 Å². The third-order valence-electron chi connectivity index (χ3n) is 4.02. The van der Waals surface area contributed by atoms with E-state index in [1.807, 2.05) is 13.0 Å². The minimum atomic E-state index is -0.353. The molecule has 3 rings (SSSR count). The Morgan fingerprint density at radius 1 is 1.26 bits per heavy atom. The number of aryl methyl sites for hydroxylation is 2. The number of nitrogen functional groups attached to an aromatic ring is 1. The van der Waals surface area contributed by atoms with Crippen LogP contribution in [0.2, 0.25) is 0 Å². The van der Waals surface area contributed by atoms with Crippen LogP contribution in [0.1, 0.15) is 50.6 Å². The van der Waals surface area contributed by atoms with Crippen LogP contribution in [0.4, 0.5) is 11.4 Å². The predicted molar refractivity (Wildman–Crippen MR) is 91.5 cm³/mol. The van der Waals surface area contributed by atoms with Gasteiger partial charge in [0.15, 0.2) is 11.5 Å². The molecule has 0 aliphatic heterocycles. The zero-order valence-corrected chi connectivity index (χ0v) is 13.9. The lowest BCUT2D eigenvalue weighted by atomic mass is 9.94. The molecule has 0 radical (unpaired) electrons. The van der Waals surface area contributed by atoms with Crippen LogP contribution in [0, 0.1) is 13.8 Å². The summed E-state index contributed by atoms with van der Waals surface area (Å²) >= 11 is 0. The molecule has 2 aromatic rings. The molecule has 0 atom stereocenters. The Hall–Kier alpha value is -2.27. The zero-order chi connectivity index (χ0) is 15.9. The predicted octanol–water partition coefficient (Wildman–Crippen LogP) is 3.67. The number of rotatable bonds is 2. The van der Waals surface area contributed by atoms with Crippen molar-refractivity contribution in [3.63, 3.8) is 0 Å². The van der Waals surface area contributed by atoms with Crippen molar-refractivity contribution in [1.29, 1.82) is 0 Å². The first-order chi connectivity index (χ1) is 10.5. The van der Waals surface area contributed by atoms with Crippen molar-refractivity contribution < 1.29 is 14.0 Å². The highest BCUT2D eigenvalue weighted by molar-refractivity contribution is 6.07. The number of hydrogen-bond acceptors (Lipinski definition) is 4. The molecule has 0 saturated heterocycles. The summed E-state index contributed by atoms with van der Waals surface area (Å²) in [7, 11) is 0. The number of benzene rings is 1. The van der Waals surface area contributed by atoms with E-state index in [1.54, 1.807) is 19.1 Å². The fourth-order valence-corrected chi connectivity index (χ4v) is 2.82. The number of carbonyl (C=O) groups is 2. The Balaban J connectivity index is 0.00000192. The van der Waals surface area contributed by atoms with Gasteiger partial charge < -0.3 is 15.5 Å². The number of hydrogen-bond donors (Lipinski definition) is 2. The van der Waals surface area contributed by atoms with Gasteiger partial charge in [-0.25, -0.2) is 0 Å². The van der Waals surface area contributed by atoms with Crippen molar-refractivity contribution in [3.05, 3.63) is 46.4 Å². The van der Waals surface area contributed by atoms with Crippen molar-refractivity contribution in [2.75, 3.05) is 11.1 Å². The largest absolute Gasteiger partial charge is 0.455 e. The van der Waals surface area contributed by atoms with Crippen LogP contribution in [0.5, 0.6) is 0 Å². The van der Waals surface area contributed by atoms with Gasteiger partial charge >= 0.3 is 0 Å². The van der Waals surface area contributed by atoms with Crippen molar-refractivity contribution in [3.8, 4) is 0 Å². The van der Waals surface area contributed by atoms with E-state index in [-0.39, 0.29) is 29.9 Å². The molecular weight excluding hydrogens is 316 g/mol. The van der Waals surface area contributed by atoms with Crippen LogP contribution in [-0.4, -0.2) is 11.7 Å². The summed E-state index contributed by atoms with van der Waals surface area (Å²) in [5, 5.41) is 2.81. The molecule has 6 heteroatoms. The maximum atomic E-state index is 12.5. The second-order valence-corrected chi connectivity index (χ2v) is 5.66. The highest BCUT2D eigenvalue weighted by Crippen LogP contribution is 2.30. The molecule has 0 saturated carbocycles. The van der Waals surface area contributed by atoms with E-state index in [4.69, 9.17) is 10.2 Å². The molecule has 1 aromatic heterocycles. The Kier molecular flexibility index (Phi) is 4.80. The van der Waals surface area contributed by atoms with Gasteiger partial charge in [0, 0.05) is 29.8 Å². The molecule has 0 unspecified atom stereocenters. The molecule has 5 nitrogen and oxygen atoms in total. The molecule has 0 bridgehead atoms. The minimum Gasteiger partial charge on any atom is -0.455 e. The molecule has 0 fully saturated rings. The minimum absolute atomic E-state index is 0. The number of amides is 1. The summed E-state index contributed by atoms with van der Waals surface area (Å²) in [5.41, 5.74) is 9.09. The van der Waals surface area contributed by atoms with E-state index in [0.717, 1.165) is 12.0 Å². The number of nitrogens with two attached hydrogens (primary N) is 1. The standard InChI is InChI=1S/C17H18N2O3.ClH/c1-9-6-7-11(18)8-12(9)19-17(21)16-10(2)15-13(20)4-3-5-14(15)22-16;/h6-8H,3-5,18H2,1-2H3,(H,19,21);1H. The SMILES string of the molecule is Cc1ccc(N)cc1NC(=O)c1oc2c(c1C)C(=O)CCC2.Cl. The van der Waals surface area contributed by atoms with Crippen LogP contribution >= 0.6 is 12.4 Å². The van der Waals surface area contributed by atoms with E-state index in [1.165, 1.54) is 0 Å². The van der Waals surface area contributed by atoms with Crippen molar-refractivity contribution >= 4 is 35.5 Å². The molecule has 122 valence electrons. The summed E-state index contributed by atoms with van der Waals surface area (Å²) in [5.74, 6) is 0.542. The van der Waals surface area contributed by atoms with Crippen molar-refractivity contribution in [2.45, 2.75) is 33.1 Å². The number of carbonyl (C=O) groups excluding carboxylic acids is 2. The monoisotopic (exact) mass is 334 g/mol. The first-order valence-electron chi connectivity index (χ1n) is 7.30. The van der Waals surface area contributed by atoms with Gasteiger partial charge in [-0.3, -0.25) is 9.59 Å². The maximum Gasteiger partial charge on any atom is 0.291 e. The Bertz CT molecular complexity index is 780. The third-order valence-corrected chi connectivity index (χ3v) is 4.02. The van der Waals surface area contributed by atoms with Gasteiger partial charge in [0.2, 0.25) is 0 Å². The number of Topliss-reactive ketones (excluding diaryl/α,β-unsaturated/α-hetero) is 1. The van der Waals surface area contributed by atoms with Gasteiger partial charge in [-0.2, -0.15) is 0 Å². The van der Waals surface area contributed by atoms with Crippen LogP contribution in [0.15, 0.2) is 22.6 Å². The van der Waals surface area contributed by atoms with E-state index >= 15 is 0 Å². The number of halogens is 1. The zero-order valence-electron chi connectivity index (χ0n) is 13.1. The number of fused-ring (bicyclic) bond motifs is 1. The van der Waals surface area contributed by atoms with E-state index < -0.39 is 0 Å². The second kappa shape index (κ2) is 6.46. The van der Waals surface area contributed by atoms with Gasteiger partial charge in [0.1, 0.15) is 5.76 Å². The average molecular weight is 335 g/mol. The summed E-state index contributed by atoms with van der Waals surface area (Å²) in [6.45, 7) is 3.64. The lowest BCUT2D eigenvalue weighted by Crippen LogP contribution is -2.14. The van der Waals surface area contributed by atoms with Gasteiger partial charge in [-0.15, -0.1) is 12.4 Å². The van der Waals surface area contributed by atoms with Gasteiger partial charge in [-0.1, -0.05) is 6.07 Å². The maximum absolute atomic E-state index is 12.5. The number of ketones is 1. The van der Waals surface area contributed by atoms with Crippen molar-refractivity contribution in [2.24, 2.45) is 0 Å². The van der Waals surface area contributed by atoms with Gasteiger partial charge in [0.25, 0.3) is 5.91 Å². The Labute approximate surface area is 140 Å². The molecule has 1 aliphatic rings. The number of nitrogens with one attached hydrogen (secondary N) is 1. The topological polar surface area (TPSA) is 85.3 Å². The summed E-state index contributed by atoms with van der Waals surface area (Å²) in [4.78, 5) is 24.5. The van der Waals surface area contributed by atoms with Gasteiger partial charge in [-0.05, 0) is 38.0 Å². The second-order valence-electron chi connectivity index (χ2n) is 5.66. The lowest BCUT2D eigenvalue weighted by molar-refractivity contribution is 0.0963. The van der Waals surface area contributed by atoms with Crippen LogP contribution in [0.3, 0.4) is 0 Å². The molecule has 1 aromatic carbocycles. The fourth-order valence-electron chi connectivity index (χ4n) is 2.82. The van der Waals surface area contributed by atoms with E-state index in [0.29, 0.717) is 41.1 Å². The average Bonchev–Trinajstić information content (AvgIpc) is 2.81. The highest BCUT2D eigenvalue weighted by atomic mass is 35.5. The molecule has 23 heavy (non-hydrogen) atoms. The smallest absolute Gasteiger partial charge is 0.291 e. The Morgan fingerprint density at radius 3 is 2.70 bits per heavy atom. The number of furan rings is 1. The first-order valence-corrected chi connectivity index (χ1v) is 7.30. The normalized spacial score (nSPS) is 13.2. The number of anilines is 2. The summed E-state index contributed by atoms with van der Waals surface area (Å²) in [6.07, 6.45) is 1.99. The van der Waals surface area contributed by atoms with E-state index in [2.05, 4.69) is 5.32 Å². The Morgan fingerprint density at radius 2 is 2.00 bits per heavy atom. The lowest BCUT2D eigenvalue weighted by Gasteiger charge is -2.08. The first kappa shape index (κ1) is 17.1. The molecule has 1 heterocycles. The van der Waals surface area contributed by atoms with Crippen LogP contribution < -0.4 is 11.1 Å².